The van der Waals surface area contributed by atoms with Gasteiger partial charge in [0.1, 0.15) is 28.7 Å². The second-order valence-electron chi connectivity index (χ2n) is 10.3. The van der Waals surface area contributed by atoms with Gasteiger partial charge in [-0.25, -0.2) is 9.97 Å². The van der Waals surface area contributed by atoms with E-state index in [1.54, 1.807) is 6.07 Å². The van der Waals surface area contributed by atoms with E-state index in [2.05, 4.69) is 55.3 Å². The van der Waals surface area contributed by atoms with Gasteiger partial charge in [-0.1, -0.05) is 12.1 Å². The minimum absolute atomic E-state index is 0.0405. The molecule has 1 aromatic carbocycles. The van der Waals surface area contributed by atoms with Crippen LogP contribution >= 0.6 is 11.3 Å². The Morgan fingerprint density at radius 3 is 2.70 bits per heavy atom. The summed E-state index contributed by atoms with van der Waals surface area (Å²) in [6.45, 7) is 5.89. The molecular weight excluding hydrogens is 535 g/mol. The smallest absolute Gasteiger partial charge is 0.354 e. The molecule has 1 fully saturated rings. The van der Waals surface area contributed by atoms with E-state index in [0.29, 0.717) is 41.4 Å². The standard InChI is InChI=1S/C29H26F3N7S/c1-16-3-4-19(12-34-16)24-13-39(27-23-8-21(9-29(30,31)32)40-28(23)37-15-36-27)14-26(24)35-11-18-5-6-25-22(17(18)2)7-20(10-33)38-25/h3-8,12,15,24,26,35,38H,9,11,13-14H2,1-2H3. The van der Waals surface area contributed by atoms with Crippen LogP contribution in [-0.4, -0.2) is 45.2 Å². The van der Waals surface area contributed by atoms with Crippen LogP contribution in [0, 0.1) is 25.2 Å². The van der Waals surface area contributed by atoms with Gasteiger partial charge in [0, 0.05) is 59.3 Å². The number of anilines is 1. The van der Waals surface area contributed by atoms with Gasteiger partial charge in [0.2, 0.25) is 0 Å². The third kappa shape index (κ3) is 5.12. The van der Waals surface area contributed by atoms with Crippen LogP contribution in [0.1, 0.15) is 38.9 Å². The Balaban J connectivity index is 1.30. The first kappa shape index (κ1) is 26.2. The lowest BCUT2D eigenvalue weighted by Crippen LogP contribution is -2.35. The number of pyridine rings is 1. The highest BCUT2D eigenvalue weighted by atomic mass is 32.1. The van der Waals surface area contributed by atoms with Gasteiger partial charge < -0.3 is 15.2 Å². The zero-order chi connectivity index (χ0) is 28.0. The number of fused-ring (bicyclic) bond motifs is 2. The summed E-state index contributed by atoms with van der Waals surface area (Å²) in [4.78, 5) is 19.3. The maximum absolute atomic E-state index is 13.1. The van der Waals surface area contributed by atoms with E-state index in [9.17, 15) is 18.4 Å². The first-order valence-corrected chi connectivity index (χ1v) is 13.7. The fraction of sp³-hybridized carbons (Fsp3) is 0.310. The van der Waals surface area contributed by atoms with Gasteiger partial charge in [0.25, 0.3) is 0 Å². The maximum Gasteiger partial charge on any atom is 0.393 e. The predicted molar refractivity (Wildman–Crippen MR) is 149 cm³/mol. The number of halogens is 3. The van der Waals surface area contributed by atoms with Crippen molar-refractivity contribution in [2.24, 2.45) is 0 Å². The monoisotopic (exact) mass is 561 g/mol. The van der Waals surface area contributed by atoms with Crippen molar-refractivity contribution in [2.75, 3.05) is 18.0 Å². The SMILES string of the molecule is Cc1ccc(C2CN(c3ncnc4sc(CC(F)(F)F)cc34)CC2NCc2ccc3[nH]c(C#N)cc3c2C)cn1. The van der Waals surface area contributed by atoms with Crippen molar-refractivity contribution in [3.05, 3.63) is 81.9 Å². The summed E-state index contributed by atoms with van der Waals surface area (Å²) >= 11 is 1.06. The molecule has 1 aliphatic heterocycles. The molecule has 5 heterocycles. The van der Waals surface area contributed by atoms with Gasteiger partial charge in [-0.05, 0) is 54.8 Å². The molecule has 7 nitrogen and oxygen atoms in total. The summed E-state index contributed by atoms with van der Waals surface area (Å²) in [5.74, 6) is 0.742. The number of thiophene rings is 1. The molecule has 5 aromatic rings. The van der Waals surface area contributed by atoms with Crippen molar-refractivity contribution in [2.45, 2.75) is 44.9 Å². The molecule has 2 atom stereocenters. The van der Waals surface area contributed by atoms with Crippen LogP contribution in [0.4, 0.5) is 19.0 Å². The molecule has 1 aliphatic rings. The minimum Gasteiger partial charge on any atom is -0.354 e. The second kappa shape index (κ2) is 10.2. The van der Waals surface area contributed by atoms with Crippen LogP contribution in [-0.2, 0) is 13.0 Å². The summed E-state index contributed by atoms with van der Waals surface area (Å²) in [6, 6.07) is 13.8. The van der Waals surface area contributed by atoms with Gasteiger partial charge in [-0.2, -0.15) is 18.4 Å². The number of nitrogens with one attached hydrogen (secondary N) is 2. The van der Waals surface area contributed by atoms with E-state index in [1.807, 2.05) is 31.3 Å². The lowest BCUT2D eigenvalue weighted by atomic mass is 9.95. The number of hydrogen-bond acceptors (Lipinski definition) is 7. The largest absolute Gasteiger partial charge is 0.393 e. The molecule has 0 bridgehead atoms. The van der Waals surface area contributed by atoms with E-state index in [0.717, 1.165) is 44.6 Å². The van der Waals surface area contributed by atoms with Gasteiger partial charge >= 0.3 is 6.18 Å². The molecule has 0 aliphatic carbocycles. The van der Waals surface area contributed by atoms with Crippen molar-refractivity contribution < 1.29 is 13.2 Å². The Bertz CT molecular complexity index is 1730. The van der Waals surface area contributed by atoms with E-state index in [1.165, 1.54) is 6.33 Å². The third-order valence-corrected chi connectivity index (χ3v) is 8.62. The highest BCUT2D eigenvalue weighted by molar-refractivity contribution is 7.18. The Morgan fingerprint density at radius 1 is 1.10 bits per heavy atom. The lowest BCUT2D eigenvalue weighted by Gasteiger charge is -2.20. The van der Waals surface area contributed by atoms with Crippen LogP contribution in [0.5, 0.6) is 0 Å². The molecule has 0 spiro atoms. The summed E-state index contributed by atoms with van der Waals surface area (Å²) in [5.41, 5.74) is 5.73. The first-order valence-electron chi connectivity index (χ1n) is 12.9. The molecule has 6 rings (SSSR count). The number of hydrogen-bond donors (Lipinski definition) is 2. The normalized spacial score (nSPS) is 17.6. The topological polar surface area (TPSA) is 93.5 Å². The fourth-order valence-electron chi connectivity index (χ4n) is 5.54. The maximum atomic E-state index is 13.1. The predicted octanol–water partition coefficient (Wildman–Crippen LogP) is 5.92. The average molecular weight is 562 g/mol. The van der Waals surface area contributed by atoms with Crippen molar-refractivity contribution in [3.63, 3.8) is 0 Å². The highest BCUT2D eigenvalue weighted by Gasteiger charge is 2.36. The van der Waals surface area contributed by atoms with Crippen molar-refractivity contribution in [1.82, 2.24) is 25.3 Å². The zero-order valence-electron chi connectivity index (χ0n) is 21.9. The Morgan fingerprint density at radius 2 is 1.95 bits per heavy atom. The van der Waals surface area contributed by atoms with Crippen molar-refractivity contribution in [1.29, 1.82) is 5.26 Å². The molecule has 0 radical (unpaired) electrons. The number of alkyl halides is 3. The van der Waals surface area contributed by atoms with E-state index >= 15 is 0 Å². The number of nitriles is 1. The van der Waals surface area contributed by atoms with Crippen LogP contribution in [0.2, 0.25) is 0 Å². The highest BCUT2D eigenvalue weighted by Crippen LogP contribution is 2.37. The number of aryl methyl sites for hydroxylation is 2. The lowest BCUT2D eigenvalue weighted by molar-refractivity contribution is -0.126. The van der Waals surface area contributed by atoms with Crippen LogP contribution in [0.15, 0.2) is 48.9 Å². The second-order valence-corrected chi connectivity index (χ2v) is 11.4. The molecule has 4 aromatic heterocycles. The Labute approximate surface area is 232 Å². The molecule has 0 amide bonds. The first-order chi connectivity index (χ1) is 19.2. The molecule has 11 heteroatoms. The Hall–Kier alpha value is -4.01. The third-order valence-electron chi connectivity index (χ3n) is 7.58. The Kier molecular flexibility index (Phi) is 6.68. The number of aromatic nitrogens is 4. The zero-order valence-corrected chi connectivity index (χ0v) is 22.7. The van der Waals surface area contributed by atoms with Gasteiger partial charge in [0.15, 0.2) is 0 Å². The number of benzene rings is 1. The van der Waals surface area contributed by atoms with Gasteiger partial charge in [0.05, 0.1) is 11.8 Å². The van der Waals surface area contributed by atoms with Crippen LogP contribution in [0.3, 0.4) is 0 Å². The molecule has 0 saturated carbocycles. The molecular formula is C29H26F3N7S. The van der Waals surface area contributed by atoms with Gasteiger partial charge in [-0.3, -0.25) is 4.98 Å². The van der Waals surface area contributed by atoms with Crippen LogP contribution < -0.4 is 10.2 Å². The molecule has 204 valence electrons. The van der Waals surface area contributed by atoms with E-state index in [-0.39, 0.29) is 16.8 Å². The molecule has 40 heavy (non-hydrogen) atoms. The molecule has 2 unspecified atom stereocenters. The van der Waals surface area contributed by atoms with Crippen LogP contribution in [0.25, 0.3) is 21.1 Å². The number of rotatable bonds is 6. The fourth-order valence-corrected chi connectivity index (χ4v) is 6.56. The molecule has 1 saturated heterocycles. The average Bonchev–Trinajstić information content (AvgIpc) is 3.64. The van der Waals surface area contributed by atoms with E-state index < -0.39 is 12.6 Å². The number of aromatic amines is 1. The number of nitrogens with zero attached hydrogens (tertiary/aromatic N) is 5. The summed E-state index contributed by atoms with van der Waals surface area (Å²) in [7, 11) is 0. The number of H-pyrrole nitrogens is 1. The molecule has 2 N–H and O–H groups in total. The minimum atomic E-state index is -4.28. The van der Waals surface area contributed by atoms with Crippen molar-refractivity contribution >= 4 is 38.3 Å². The van der Waals surface area contributed by atoms with Gasteiger partial charge in [-0.15, -0.1) is 11.3 Å². The van der Waals surface area contributed by atoms with Crippen molar-refractivity contribution in [3.8, 4) is 6.07 Å². The summed E-state index contributed by atoms with van der Waals surface area (Å²) < 4.78 is 39.2. The summed E-state index contributed by atoms with van der Waals surface area (Å²) in [6.07, 6.45) is -1.92. The quantitative estimate of drug-likeness (QED) is 0.267. The van der Waals surface area contributed by atoms with E-state index in [4.69, 9.17) is 0 Å². The summed E-state index contributed by atoms with van der Waals surface area (Å²) in [5, 5.41) is 14.7.